The number of nitrogens with zero attached hydrogens (tertiary/aromatic N) is 5. The Morgan fingerprint density at radius 3 is 2.49 bits per heavy atom. The third-order valence-corrected chi connectivity index (χ3v) is 7.24. The van der Waals surface area contributed by atoms with Crippen molar-refractivity contribution in [2.45, 2.75) is 25.5 Å². The number of piperidine rings is 1. The minimum absolute atomic E-state index is 0.256. The molecule has 5 aromatic rings. The highest BCUT2D eigenvalue weighted by Gasteiger charge is 2.20. The van der Waals surface area contributed by atoms with Gasteiger partial charge >= 0.3 is 0 Å². The van der Waals surface area contributed by atoms with E-state index in [4.69, 9.17) is 19.6 Å². The van der Waals surface area contributed by atoms with Crippen molar-refractivity contribution >= 4 is 28.6 Å². The minimum atomic E-state index is -0.312. The molecule has 0 atom stereocenters. The maximum absolute atomic E-state index is 13.1. The van der Waals surface area contributed by atoms with E-state index in [0.29, 0.717) is 48.0 Å². The van der Waals surface area contributed by atoms with Crippen molar-refractivity contribution in [3.8, 4) is 23.0 Å². The molecule has 1 aliphatic heterocycles. The summed E-state index contributed by atoms with van der Waals surface area (Å²) in [5, 5.41) is 17.4. The van der Waals surface area contributed by atoms with Gasteiger partial charge in [-0.15, -0.1) is 0 Å². The number of fused-ring (bicyclic) bond motifs is 1. The fourth-order valence-electron chi connectivity index (χ4n) is 4.92. The van der Waals surface area contributed by atoms with Crippen LogP contribution in [0.25, 0.3) is 22.6 Å². The number of hydrogen-bond acceptors (Lipinski definition) is 8. The summed E-state index contributed by atoms with van der Waals surface area (Å²) >= 11 is 0. The molecule has 11 nitrogen and oxygen atoms in total. The van der Waals surface area contributed by atoms with Crippen molar-refractivity contribution in [3.63, 3.8) is 0 Å². The van der Waals surface area contributed by atoms with E-state index in [1.807, 2.05) is 48.5 Å². The standard InChI is InChI=1S/C30H31N7O4/c1-40-22-6-3-19(4-7-22)18-37-26(29-32-24-9-8-23(41-2)15-25(24)33-29)16-27(35-37)34-30(39)20-5-10-28(31-17-20)36-13-11-21(38)12-14-36/h3-10,15-17,21,38H,11-14,18H2,1-2H3,(H,32,33)(H,34,35,39). The lowest BCUT2D eigenvalue weighted by Gasteiger charge is -2.30. The van der Waals surface area contributed by atoms with E-state index in [1.165, 1.54) is 0 Å². The van der Waals surface area contributed by atoms with Gasteiger partial charge in [-0.25, -0.2) is 9.97 Å². The topological polar surface area (TPSA) is 130 Å². The number of amides is 1. The quantitative estimate of drug-likeness (QED) is 0.262. The van der Waals surface area contributed by atoms with Crippen molar-refractivity contribution in [2.24, 2.45) is 0 Å². The second-order valence-corrected chi connectivity index (χ2v) is 9.97. The monoisotopic (exact) mass is 553 g/mol. The smallest absolute Gasteiger partial charge is 0.258 e. The average molecular weight is 554 g/mol. The number of carbonyl (C=O) groups is 1. The molecule has 0 unspecified atom stereocenters. The molecule has 4 heterocycles. The van der Waals surface area contributed by atoms with Crippen LogP contribution in [-0.4, -0.2) is 69.2 Å². The highest BCUT2D eigenvalue weighted by atomic mass is 16.5. The molecule has 210 valence electrons. The Labute approximate surface area is 236 Å². The Hall–Kier alpha value is -4.90. The van der Waals surface area contributed by atoms with Crippen molar-refractivity contribution < 1.29 is 19.4 Å². The van der Waals surface area contributed by atoms with E-state index in [2.05, 4.69) is 20.2 Å². The lowest BCUT2D eigenvalue weighted by atomic mass is 10.1. The number of hydrogen-bond donors (Lipinski definition) is 3. The van der Waals surface area contributed by atoms with Crippen molar-refractivity contribution in [3.05, 3.63) is 78.0 Å². The zero-order valence-electron chi connectivity index (χ0n) is 22.9. The summed E-state index contributed by atoms with van der Waals surface area (Å²) in [6.07, 6.45) is 2.74. The molecule has 1 saturated heterocycles. The SMILES string of the molecule is COc1ccc(Cn2nc(NC(=O)c3ccc(N4CCC(O)CC4)nc3)cc2-c2nc3cc(OC)ccc3[nH]2)cc1. The number of aliphatic hydroxyl groups is 1. The normalized spacial score (nSPS) is 13.9. The highest BCUT2D eigenvalue weighted by Crippen LogP contribution is 2.27. The molecule has 3 aromatic heterocycles. The number of ether oxygens (including phenoxy) is 2. The molecule has 0 bridgehead atoms. The van der Waals surface area contributed by atoms with Crippen LogP contribution in [0.4, 0.5) is 11.6 Å². The Morgan fingerprint density at radius 1 is 1.02 bits per heavy atom. The number of imidazole rings is 1. The Balaban J connectivity index is 1.26. The number of aliphatic hydroxyl groups excluding tert-OH is 1. The average Bonchev–Trinajstić information content (AvgIpc) is 3.61. The van der Waals surface area contributed by atoms with E-state index < -0.39 is 0 Å². The number of methoxy groups -OCH3 is 2. The number of benzene rings is 2. The first kappa shape index (κ1) is 26.3. The van der Waals surface area contributed by atoms with Gasteiger partial charge < -0.3 is 29.8 Å². The van der Waals surface area contributed by atoms with Gasteiger partial charge in [0.1, 0.15) is 23.0 Å². The van der Waals surface area contributed by atoms with Crippen LogP contribution < -0.4 is 19.7 Å². The fourth-order valence-corrected chi connectivity index (χ4v) is 4.92. The molecule has 6 rings (SSSR count). The molecular weight excluding hydrogens is 522 g/mol. The van der Waals surface area contributed by atoms with Crippen LogP contribution in [0, 0.1) is 0 Å². The molecule has 41 heavy (non-hydrogen) atoms. The molecular formula is C30H31N7O4. The number of aromatic amines is 1. The number of H-pyrrole nitrogens is 1. The summed E-state index contributed by atoms with van der Waals surface area (Å²) in [6, 6.07) is 18.8. The Bertz CT molecular complexity index is 1650. The third kappa shape index (κ3) is 5.71. The number of pyridine rings is 1. The molecule has 0 aliphatic carbocycles. The Morgan fingerprint density at radius 2 is 1.78 bits per heavy atom. The van der Waals surface area contributed by atoms with Gasteiger partial charge in [0.25, 0.3) is 5.91 Å². The van der Waals surface area contributed by atoms with Gasteiger partial charge in [0.2, 0.25) is 0 Å². The van der Waals surface area contributed by atoms with E-state index in [-0.39, 0.29) is 12.0 Å². The summed E-state index contributed by atoms with van der Waals surface area (Å²) in [5.41, 5.74) is 3.77. The lowest BCUT2D eigenvalue weighted by molar-refractivity contribution is 0.102. The molecule has 0 spiro atoms. The number of nitrogens with one attached hydrogen (secondary N) is 2. The van der Waals surface area contributed by atoms with Gasteiger partial charge in [0.05, 0.1) is 43.5 Å². The molecule has 11 heteroatoms. The van der Waals surface area contributed by atoms with Crippen LogP contribution in [0.15, 0.2) is 66.9 Å². The molecule has 2 aromatic carbocycles. The largest absolute Gasteiger partial charge is 0.497 e. The summed E-state index contributed by atoms with van der Waals surface area (Å²) < 4.78 is 12.4. The first-order valence-corrected chi connectivity index (χ1v) is 13.4. The number of anilines is 2. The van der Waals surface area contributed by atoms with Gasteiger partial charge in [0, 0.05) is 31.4 Å². The van der Waals surface area contributed by atoms with Gasteiger partial charge in [-0.3, -0.25) is 9.48 Å². The first-order chi connectivity index (χ1) is 20.0. The van der Waals surface area contributed by atoms with Crippen LogP contribution in [0.2, 0.25) is 0 Å². The van der Waals surface area contributed by atoms with Gasteiger partial charge in [-0.05, 0) is 54.8 Å². The molecule has 0 radical (unpaired) electrons. The highest BCUT2D eigenvalue weighted by molar-refractivity contribution is 6.03. The first-order valence-electron chi connectivity index (χ1n) is 13.4. The lowest BCUT2D eigenvalue weighted by Crippen LogP contribution is -2.36. The zero-order chi connectivity index (χ0) is 28.3. The van der Waals surface area contributed by atoms with Gasteiger partial charge in [0.15, 0.2) is 11.6 Å². The van der Waals surface area contributed by atoms with Crippen molar-refractivity contribution in [2.75, 3.05) is 37.5 Å². The predicted octanol–water partition coefficient (Wildman–Crippen LogP) is 4.10. The van der Waals surface area contributed by atoms with E-state index in [1.54, 1.807) is 37.2 Å². The maximum Gasteiger partial charge on any atom is 0.258 e. The third-order valence-electron chi connectivity index (χ3n) is 7.24. The number of aromatic nitrogens is 5. The zero-order valence-corrected chi connectivity index (χ0v) is 22.9. The predicted molar refractivity (Wildman–Crippen MR) is 156 cm³/mol. The van der Waals surface area contributed by atoms with Crippen molar-refractivity contribution in [1.82, 2.24) is 24.7 Å². The molecule has 1 amide bonds. The number of carbonyl (C=O) groups excluding carboxylic acids is 1. The van der Waals surface area contributed by atoms with Crippen LogP contribution in [0.5, 0.6) is 11.5 Å². The van der Waals surface area contributed by atoms with E-state index in [9.17, 15) is 9.90 Å². The van der Waals surface area contributed by atoms with Gasteiger partial charge in [-0.2, -0.15) is 5.10 Å². The maximum atomic E-state index is 13.1. The fraction of sp³-hybridized carbons (Fsp3) is 0.267. The van der Waals surface area contributed by atoms with Gasteiger partial charge in [-0.1, -0.05) is 12.1 Å². The van der Waals surface area contributed by atoms with E-state index >= 15 is 0 Å². The molecule has 1 aliphatic rings. The van der Waals surface area contributed by atoms with Crippen LogP contribution >= 0.6 is 0 Å². The van der Waals surface area contributed by atoms with Crippen LogP contribution in [0.3, 0.4) is 0 Å². The number of rotatable bonds is 8. The molecule has 3 N–H and O–H groups in total. The second kappa shape index (κ2) is 11.3. The molecule has 0 saturated carbocycles. The Kier molecular flexibility index (Phi) is 7.26. The van der Waals surface area contributed by atoms with Crippen LogP contribution in [-0.2, 0) is 6.54 Å². The summed E-state index contributed by atoms with van der Waals surface area (Å²) in [7, 11) is 3.25. The van der Waals surface area contributed by atoms with Crippen LogP contribution in [0.1, 0.15) is 28.8 Å². The minimum Gasteiger partial charge on any atom is -0.497 e. The molecule has 1 fully saturated rings. The van der Waals surface area contributed by atoms with Crippen molar-refractivity contribution in [1.29, 1.82) is 0 Å². The summed E-state index contributed by atoms with van der Waals surface area (Å²) in [5.74, 6) is 2.98. The second-order valence-electron chi connectivity index (χ2n) is 9.97. The summed E-state index contributed by atoms with van der Waals surface area (Å²) in [4.78, 5) is 27.9. The van der Waals surface area contributed by atoms with E-state index in [0.717, 1.165) is 41.3 Å². The summed E-state index contributed by atoms with van der Waals surface area (Å²) in [6.45, 7) is 1.93.